The van der Waals surface area contributed by atoms with Crippen LogP contribution in [-0.4, -0.2) is 5.11 Å². The molecule has 0 aliphatic rings. The summed E-state index contributed by atoms with van der Waals surface area (Å²) in [5, 5.41) is 10.2. The van der Waals surface area contributed by atoms with Crippen LogP contribution in [0.4, 0.5) is 0 Å². The monoisotopic (exact) mass is 230 g/mol. The molecule has 0 saturated carbocycles. The fourth-order valence-electron chi connectivity index (χ4n) is 2.05. The molecule has 0 radical (unpaired) electrons. The normalized spacial score (nSPS) is 12.7. The average molecular weight is 230 g/mol. The third-order valence-corrected chi connectivity index (χ3v) is 3.12. The van der Waals surface area contributed by atoms with Gasteiger partial charge in [0.05, 0.1) is 6.26 Å². The van der Waals surface area contributed by atoms with E-state index in [0.717, 1.165) is 5.56 Å². The van der Waals surface area contributed by atoms with E-state index >= 15 is 0 Å². The van der Waals surface area contributed by atoms with Crippen molar-refractivity contribution in [2.75, 3.05) is 0 Å². The molecule has 0 amide bonds. The van der Waals surface area contributed by atoms with Gasteiger partial charge in [0.15, 0.2) is 0 Å². The first kappa shape index (κ1) is 11.9. The number of aliphatic hydroxyl groups is 1. The molecule has 2 aromatic rings. The molecular formula is C15H18O2. The van der Waals surface area contributed by atoms with Gasteiger partial charge in [-0.15, -0.1) is 0 Å². The van der Waals surface area contributed by atoms with Crippen LogP contribution in [0.5, 0.6) is 0 Å². The topological polar surface area (TPSA) is 33.4 Å². The summed E-state index contributed by atoms with van der Waals surface area (Å²) in [6, 6.07) is 8.17. The van der Waals surface area contributed by atoms with Crippen LogP contribution in [0.1, 0.15) is 34.1 Å². The lowest BCUT2D eigenvalue weighted by Gasteiger charge is -2.12. The van der Waals surface area contributed by atoms with Gasteiger partial charge in [-0.05, 0) is 43.5 Å². The zero-order chi connectivity index (χ0) is 12.4. The highest BCUT2D eigenvalue weighted by Crippen LogP contribution is 2.24. The molecule has 1 N–H and O–H groups in total. The number of furan rings is 1. The van der Waals surface area contributed by atoms with E-state index in [-0.39, 0.29) is 0 Å². The maximum Gasteiger partial charge on any atom is 0.135 e. The minimum Gasteiger partial charge on any atom is -0.466 e. The Hall–Kier alpha value is -1.54. The Morgan fingerprint density at radius 1 is 1.12 bits per heavy atom. The first-order chi connectivity index (χ1) is 8.08. The SMILES string of the molecule is Cc1ccc(C)c(CC(O)c2occc2C)c1. The van der Waals surface area contributed by atoms with Gasteiger partial charge in [0.2, 0.25) is 0 Å². The van der Waals surface area contributed by atoms with Crippen LogP contribution in [0.25, 0.3) is 0 Å². The summed E-state index contributed by atoms with van der Waals surface area (Å²) >= 11 is 0. The largest absolute Gasteiger partial charge is 0.466 e. The van der Waals surface area contributed by atoms with Crippen LogP contribution in [0, 0.1) is 20.8 Å². The molecule has 1 aromatic carbocycles. The van der Waals surface area contributed by atoms with Gasteiger partial charge < -0.3 is 9.52 Å². The molecule has 90 valence electrons. The van der Waals surface area contributed by atoms with Crippen molar-refractivity contribution in [3.8, 4) is 0 Å². The highest BCUT2D eigenvalue weighted by molar-refractivity contribution is 5.32. The van der Waals surface area contributed by atoms with E-state index in [1.807, 2.05) is 13.0 Å². The van der Waals surface area contributed by atoms with Gasteiger partial charge in [0.1, 0.15) is 11.9 Å². The predicted molar refractivity (Wildman–Crippen MR) is 68.0 cm³/mol. The molecule has 2 nitrogen and oxygen atoms in total. The molecule has 0 aliphatic heterocycles. The number of rotatable bonds is 3. The molecule has 1 aromatic heterocycles. The van der Waals surface area contributed by atoms with E-state index in [1.165, 1.54) is 16.7 Å². The Kier molecular flexibility index (Phi) is 3.34. The summed E-state index contributed by atoms with van der Waals surface area (Å²) < 4.78 is 5.32. The molecule has 17 heavy (non-hydrogen) atoms. The third-order valence-electron chi connectivity index (χ3n) is 3.12. The summed E-state index contributed by atoms with van der Waals surface area (Å²) in [5.41, 5.74) is 4.60. The molecule has 1 heterocycles. The fraction of sp³-hybridized carbons (Fsp3) is 0.333. The van der Waals surface area contributed by atoms with Gasteiger partial charge in [-0.2, -0.15) is 0 Å². The molecular weight excluding hydrogens is 212 g/mol. The molecule has 0 fully saturated rings. The number of aryl methyl sites for hydroxylation is 3. The van der Waals surface area contributed by atoms with Crippen molar-refractivity contribution in [3.05, 3.63) is 58.5 Å². The number of hydrogen-bond acceptors (Lipinski definition) is 2. The summed E-state index contributed by atoms with van der Waals surface area (Å²) in [5.74, 6) is 0.672. The van der Waals surface area contributed by atoms with Crippen molar-refractivity contribution in [1.29, 1.82) is 0 Å². The lowest BCUT2D eigenvalue weighted by atomic mass is 9.98. The quantitative estimate of drug-likeness (QED) is 0.875. The Morgan fingerprint density at radius 2 is 1.88 bits per heavy atom. The maximum atomic E-state index is 10.2. The van der Waals surface area contributed by atoms with Crippen molar-refractivity contribution in [2.45, 2.75) is 33.3 Å². The van der Waals surface area contributed by atoms with E-state index in [2.05, 4.69) is 32.0 Å². The average Bonchev–Trinajstić information content (AvgIpc) is 2.70. The molecule has 1 atom stereocenters. The van der Waals surface area contributed by atoms with Gasteiger partial charge >= 0.3 is 0 Å². The van der Waals surface area contributed by atoms with Gasteiger partial charge in [-0.25, -0.2) is 0 Å². The number of hydrogen-bond donors (Lipinski definition) is 1. The molecule has 1 unspecified atom stereocenters. The minimum atomic E-state index is -0.564. The van der Waals surface area contributed by atoms with E-state index in [0.29, 0.717) is 12.2 Å². The van der Waals surface area contributed by atoms with Gasteiger partial charge in [-0.1, -0.05) is 23.8 Å². The molecule has 2 rings (SSSR count). The van der Waals surface area contributed by atoms with Gasteiger partial charge in [0.25, 0.3) is 0 Å². The second kappa shape index (κ2) is 4.76. The van der Waals surface area contributed by atoms with Crippen molar-refractivity contribution < 1.29 is 9.52 Å². The van der Waals surface area contributed by atoms with Crippen LogP contribution in [0.2, 0.25) is 0 Å². The van der Waals surface area contributed by atoms with Crippen LogP contribution >= 0.6 is 0 Å². The predicted octanol–water partition coefficient (Wildman–Crippen LogP) is 3.48. The lowest BCUT2D eigenvalue weighted by Crippen LogP contribution is -2.03. The molecule has 0 spiro atoms. The number of aliphatic hydroxyl groups excluding tert-OH is 1. The summed E-state index contributed by atoms with van der Waals surface area (Å²) in [7, 11) is 0. The van der Waals surface area contributed by atoms with Crippen LogP contribution < -0.4 is 0 Å². The van der Waals surface area contributed by atoms with E-state index < -0.39 is 6.10 Å². The van der Waals surface area contributed by atoms with E-state index in [1.54, 1.807) is 6.26 Å². The van der Waals surface area contributed by atoms with Crippen LogP contribution in [0.15, 0.2) is 34.9 Å². The first-order valence-corrected chi connectivity index (χ1v) is 5.86. The molecule has 2 heteroatoms. The number of benzene rings is 1. The first-order valence-electron chi connectivity index (χ1n) is 5.86. The van der Waals surface area contributed by atoms with Crippen molar-refractivity contribution in [1.82, 2.24) is 0 Å². The van der Waals surface area contributed by atoms with E-state index in [4.69, 9.17) is 4.42 Å². The Balaban J connectivity index is 2.21. The second-order valence-corrected chi connectivity index (χ2v) is 4.62. The zero-order valence-electron chi connectivity index (χ0n) is 10.5. The zero-order valence-corrected chi connectivity index (χ0v) is 10.5. The van der Waals surface area contributed by atoms with Crippen LogP contribution in [-0.2, 0) is 6.42 Å². The van der Waals surface area contributed by atoms with Crippen LogP contribution in [0.3, 0.4) is 0 Å². The van der Waals surface area contributed by atoms with Gasteiger partial charge in [0, 0.05) is 6.42 Å². The highest BCUT2D eigenvalue weighted by Gasteiger charge is 2.15. The van der Waals surface area contributed by atoms with E-state index in [9.17, 15) is 5.11 Å². The molecule has 0 saturated heterocycles. The smallest absolute Gasteiger partial charge is 0.135 e. The Labute approximate surface area is 102 Å². The van der Waals surface area contributed by atoms with Crippen molar-refractivity contribution in [2.24, 2.45) is 0 Å². The summed E-state index contributed by atoms with van der Waals surface area (Å²) in [6.07, 6.45) is 1.66. The molecule has 0 bridgehead atoms. The highest BCUT2D eigenvalue weighted by atomic mass is 16.4. The fourth-order valence-corrected chi connectivity index (χ4v) is 2.05. The standard InChI is InChI=1S/C15H18O2/c1-10-4-5-11(2)13(8-10)9-14(16)15-12(3)6-7-17-15/h4-8,14,16H,9H2,1-3H3. The summed E-state index contributed by atoms with van der Waals surface area (Å²) in [4.78, 5) is 0. The van der Waals surface area contributed by atoms with Gasteiger partial charge in [-0.3, -0.25) is 0 Å². The van der Waals surface area contributed by atoms with Crippen molar-refractivity contribution >= 4 is 0 Å². The Bertz CT molecular complexity index is 511. The maximum absolute atomic E-state index is 10.2. The summed E-state index contributed by atoms with van der Waals surface area (Å²) in [6.45, 7) is 6.08. The molecule has 0 aliphatic carbocycles. The second-order valence-electron chi connectivity index (χ2n) is 4.62. The minimum absolute atomic E-state index is 0.564. The lowest BCUT2D eigenvalue weighted by molar-refractivity contribution is 0.149. The third kappa shape index (κ3) is 2.59. The Morgan fingerprint density at radius 3 is 2.53 bits per heavy atom. The van der Waals surface area contributed by atoms with Crippen molar-refractivity contribution in [3.63, 3.8) is 0 Å².